The van der Waals surface area contributed by atoms with Crippen molar-refractivity contribution in [3.63, 3.8) is 0 Å². The van der Waals surface area contributed by atoms with E-state index in [9.17, 15) is 4.79 Å². The Hall–Kier alpha value is -0.790. The predicted octanol–water partition coefficient (Wildman–Crippen LogP) is 12.0. The van der Waals surface area contributed by atoms with Crippen molar-refractivity contribution in [1.29, 1.82) is 0 Å². The molecular formula is C34H64O2. The van der Waals surface area contributed by atoms with E-state index >= 15 is 0 Å². The van der Waals surface area contributed by atoms with Crippen LogP contribution in [0.5, 0.6) is 0 Å². The van der Waals surface area contributed by atoms with Gasteiger partial charge in [0.05, 0.1) is 0 Å². The monoisotopic (exact) mass is 504 g/mol. The molecule has 2 heteroatoms. The number of ether oxygens (including phenoxy) is 1. The maximum atomic E-state index is 11.9. The molecule has 212 valence electrons. The van der Waals surface area contributed by atoms with Crippen LogP contribution < -0.4 is 0 Å². The van der Waals surface area contributed by atoms with Crippen molar-refractivity contribution >= 4 is 5.97 Å². The Morgan fingerprint density at radius 1 is 0.500 bits per heavy atom. The summed E-state index contributed by atoms with van der Waals surface area (Å²) in [4.78, 5) is 11.9. The molecule has 0 bridgehead atoms. The lowest BCUT2D eigenvalue weighted by atomic mass is 9.93. The van der Waals surface area contributed by atoms with Gasteiger partial charge in [-0.3, -0.25) is 4.79 Å². The van der Waals surface area contributed by atoms with Gasteiger partial charge < -0.3 is 4.74 Å². The van der Waals surface area contributed by atoms with Gasteiger partial charge in [-0.2, -0.15) is 0 Å². The van der Waals surface area contributed by atoms with Crippen LogP contribution in [0.1, 0.15) is 194 Å². The maximum Gasteiger partial charge on any atom is 0.321 e. The third kappa shape index (κ3) is 19.3. The molecule has 0 N–H and O–H groups in total. The van der Waals surface area contributed by atoms with E-state index in [1.54, 1.807) is 0 Å². The van der Waals surface area contributed by atoms with Crippen LogP contribution in [0.25, 0.3) is 0 Å². The number of esters is 1. The van der Waals surface area contributed by atoms with E-state index in [1.165, 1.54) is 167 Å². The van der Waals surface area contributed by atoms with Crippen LogP contribution in [0.2, 0.25) is 0 Å². The van der Waals surface area contributed by atoms with Crippen molar-refractivity contribution in [2.75, 3.05) is 0 Å². The first-order valence-electron chi connectivity index (χ1n) is 16.7. The summed E-state index contributed by atoms with van der Waals surface area (Å²) in [5, 5.41) is 0. The molecule has 1 saturated heterocycles. The second kappa shape index (κ2) is 25.8. The first kappa shape index (κ1) is 33.2. The third-order valence-corrected chi connectivity index (χ3v) is 8.10. The molecule has 1 fully saturated rings. The molecule has 36 heavy (non-hydrogen) atoms. The minimum Gasteiger partial charge on any atom is -0.430 e. The standard InChI is InChI=1S/C34H64O2/c1-3-5-7-9-11-13-15-17-19-21-23-25-27-29-31-33-32(34(35)36-33)30-28-26-24-22-20-18-16-14-12-10-8-6-4-2/h31-32H,3-30H2,1-2H3/t32-/m1/s1. The zero-order chi connectivity index (χ0) is 25.9. The van der Waals surface area contributed by atoms with E-state index in [0.717, 1.165) is 18.6 Å². The van der Waals surface area contributed by atoms with Gasteiger partial charge in [0.1, 0.15) is 11.7 Å². The fraction of sp³-hybridized carbons (Fsp3) is 0.912. The Balaban J connectivity index is 1.86. The second-order valence-corrected chi connectivity index (χ2v) is 11.6. The normalized spacial score (nSPS) is 16.4. The maximum absolute atomic E-state index is 11.9. The van der Waals surface area contributed by atoms with E-state index in [2.05, 4.69) is 19.9 Å². The summed E-state index contributed by atoms with van der Waals surface area (Å²) in [6, 6.07) is 0. The highest BCUT2D eigenvalue weighted by molar-refractivity contribution is 5.82. The molecule has 0 unspecified atom stereocenters. The molecule has 0 aromatic rings. The van der Waals surface area contributed by atoms with Crippen LogP contribution in [0.15, 0.2) is 11.8 Å². The van der Waals surface area contributed by atoms with Gasteiger partial charge in [-0.25, -0.2) is 0 Å². The Morgan fingerprint density at radius 2 is 0.833 bits per heavy atom. The summed E-state index contributed by atoms with van der Waals surface area (Å²) in [7, 11) is 0. The summed E-state index contributed by atoms with van der Waals surface area (Å²) in [5.41, 5.74) is 0. The van der Waals surface area contributed by atoms with E-state index in [4.69, 9.17) is 4.74 Å². The molecule has 1 aliphatic heterocycles. The molecule has 0 saturated carbocycles. The highest BCUT2D eigenvalue weighted by atomic mass is 16.6. The summed E-state index contributed by atoms with van der Waals surface area (Å²) in [6.45, 7) is 4.58. The Morgan fingerprint density at radius 3 is 1.19 bits per heavy atom. The van der Waals surface area contributed by atoms with E-state index < -0.39 is 0 Å². The lowest BCUT2D eigenvalue weighted by Gasteiger charge is -2.28. The van der Waals surface area contributed by atoms with Crippen LogP contribution in [-0.4, -0.2) is 5.97 Å². The largest absolute Gasteiger partial charge is 0.430 e. The van der Waals surface area contributed by atoms with Crippen molar-refractivity contribution in [1.82, 2.24) is 0 Å². The molecule has 0 spiro atoms. The number of carbonyl (C=O) groups excluding carboxylic acids is 1. The fourth-order valence-electron chi connectivity index (χ4n) is 5.53. The first-order valence-corrected chi connectivity index (χ1v) is 16.7. The fourth-order valence-corrected chi connectivity index (χ4v) is 5.53. The summed E-state index contributed by atoms with van der Waals surface area (Å²) >= 11 is 0. The minimum absolute atomic E-state index is 0.0190. The highest BCUT2D eigenvalue weighted by Gasteiger charge is 2.36. The zero-order valence-electron chi connectivity index (χ0n) is 24.8. The average molecular weight is 505 g/mol. The zero-order valence-corrected chi connectivity index (χ0v) is 24.8. The van der Waals surface area contributed by atoms with Crippen molar-refractivity contribution in [2.24, 2.45) is 5.92 Å². The van der Waals surface area contributed by atoms with Gasteiger partial charge in [-0.1, -0.05) is 174 Å². The quantitative estimate of drug-likeness (QED) is 0.0782. The van der Waals surface area contributed by atoms with Gasteiger partial charge in [0.2, 0.25) is 0 Å². The topological polar surface area (TPSA) is 26.3 Å². The van der Waals surface area contributed by atoms with Crippen LogP contribution in [0.4, 0.5) is 0 Å². The molecule has 1 heterocycles. The number of rotatable bonds is 28. The molecule has 2 nitrogen and oxygen atoms in total. The number of cyclic esters (lactones) is 1. The second-order valence-electron chi connectivity index (χ2n) is 11.6. The molecule has 1 aliphatic rings. The van der Waals surface area contributed by atoms with E-state index in [-0.39, 0.29) is 11.9 Å². The van der Waals surface area contributed by atoms with E-state index in [1.807, 2.05) is 0 Å². The SMILES string of the molecule is CCCCCCCCCCCCCCCC=C1OC(=O)[C@@H]1CCCCCCCCCCCCCCC. The van der Waals surface area contributed by atoms with Gasteiger partial charge in [0.15, 0.2) is 0 Å². The van der Waals surface area contributed by atoms with Crippen molar-refractivity contribution in [3.05, 3.63) is 11.8 Å². The summed E-state index contributed by atoms with van der Waals surface area (Å²) in [6.07, 6.45) is 40.3. The molecule has 0 aromatic carbocycles. The van der Waals surface area contributed by atoms with Crippen LogP contribution >= 0.6 is 0 Å². The van der Waals surface area contributed by atoms with Crippen molar-refractivity contribution in [3.8, 4) is 0 Å². The third-order valence-electron chi connectivity index (χ3n) is 8.10. The number of unbranched alkanes of at least 4 members (excludes halogenated alkanes) is 25. The molecule has 0 radical (unpaired) electrons. The Kier molecular flexibility index (Phi) is 23.9. The molecule has 1 atom stereocenters. The van der Waals surface area contributed by atoms with Crippen molar-refractivity contribution in [2.45, 2.75) is 194 Å². The summed E-state index contributed by atoms with van der Waals surface area (Å²) in [5.74, 6) is 1.09. The molecule has 1 rings (SSSR count). The number of hydrogen-bond acceptors (Lipinski definition) is 2. The van der Waals surface area contributed by atoms with Crippen LogP contribution in [0, 0.1) is 5.92 Å². The summed E-state index contributed by atoms with van der Waals surface area (Å²) < 4.78 is 5.35. The predicted molar refractivity (Wildman–Crippen MR) is 158 cm³/mol. The Labute approximate surface area is 226 Å². The van der Waals surface area contributed by atoms with Gasteiger partial charge in [0.25, 0.3) is 0 Å². The number of allylic oxidation sites excluding steroid dienone is 1. The van der Waals surface area contributed by atoms with Crippen LogP contribution in [0.3, 0.4) is 0 Å². The van der Waals surface area contributed by atoms with Gasteiger partial charge in [-0.05, 0) is 25.3 Å². The first-order chi connectivity index (χ1) is 17.8. The lowest BCUT2D eigenvalue weighted by Crippen LogP contribution is -2.32. The number of hydrogen-bond donors (Lipinski definition) is 0. The van der Waals surface area contributed by atoms with Gasteiger partial charge in [0, 0.05) is 0 Å². The number of carbonyl (C=O) groups is 1. The Bertz CT molecular complexity index is 509. The van der Waals surface area contributed by atoms with Crippen molar-refractivity contribution < 1.29 is 9.53 Å². The molecule has 0 aromatic heterocycles. The van der Waals surface area contributed by atoms with E-state index in [0.29, 0.717) is 0 Å². The minimum atomic E-state index is 0.0190. The molecule has 0 amide bonds. The highest BCUT2D eigenvalue weighted by Crippen LogP contribution is 2.32. The van der Waals surface area contributed by atoms with Crippen LogP contribution in [-0.2, 0) is 9.53 Å². The van der Waals surface area contributed by atoms with Gasteiger partial charge >= 0.3 is 5.97 Å². The molecule has 0 aliphatic carbocycles. The smallest absolute Gasteiger partial charge is 0.321 e. The molecular weight excluding hydrogens is 440 g/mol. The van der Waals surface area contributed by atoms with Gasteiger partial charge in [-0.15, -0.1) is 0 Å². The lowest BCUT2D eigenvalue weighted by molar-refractivity contribution is -0.157. The average Bonchev–Trinajstić information content (AvgIpc) is 2.88.